The van der Waals surface area contributed by atoms with E-state index >= 15 is 0 Å². The molecule has 0 aliphatic carbocycles. The Morgan fingerprint density at radius 2 is 1.80 bits per heavy atom. The second-order valence-corrected chi connectivity index (χ2v) is 16.0. The second kappa shape index (κ2) is 19.9. The third kappa shape index (κ3) is 11.7. The van der Waals surface area contributed by atoms with Crippen LogP contribution in [0.25, 0.3) is 6.08 Å². The van der Waals surface area contributed by atoms with Crippen LogP contribution in [0.4, 0.5) is 4.79 Å². The van der Waals surface area contributed by atoms with Gasteiger partial charge in [-0.25, -0.2) is 4.79 Å². The summed E-state index contributed by atoms with van der Waals surface area (Å²) in [6.45, 7) is 14.4. The summed E-state index contributed by atoms with van der Waals surface area (Å²) in [4.78, 5) is 29.2. The molecule has 302 valence electrons. The van der Waals surface area contributed by atoms with E-state index in [1.165, 1.54) is 6.42 Å². The number of benzene rings is 1. The third-order valence-corrected chi connectivity index (χ3v) is 11.0. The Morgan fingerprint density at radius 1 is 1.07 bits per heavy atom. The SMILES string of the molecule is Cc1cc(/C=C/CCN2CCCC3(CCN(C(=O)CNC(=O)NCC(C)C)CC3)C2)ccc1C/C(C(=N)O[C@@H]1O[C@H](CO)[C@@H](O)[C@H](O)[C@H]1O)=C(/N)C(C)C. The molecule has 1 aromatic carbocycles. The number of hydrogen-bond acceptors (Lipinski definition) is 11. The first kappa shape index (κ1) is 43.2. The summed E-state index contributed by atoms with van der Waals surface area (Å²) in [6.07, 6.45) is 2.44. The van der Waals surface area contributed by atoms with Gasteiger partial charge < -0.3 is 56.1 Å². The number of carbonyl (C=O) groups is 2. The van der Waals surface area contributed by atoms with Gasteiger partial charge in [-0.2, -0.15) is 0 Å². The molecule has 3 aliphatic rings. The number of hydrogen-bond donors (Lipinski definition) is 8. The smallest absolute Gasteiger partial charge is 0.315 e. The molecule has 3 fully saturated rings. The van der Waals surface area contributed by atoms with Crippen molar-refractivity contribution in [3.05, 3.63) is 52.2 Å². The van der Waals surface area contributed by atoms with Crippen LogP contribution >= 0.6 is 0 Å². The van der Waals surface area contributed by atoms with Crippen LogP contribution in [0.5, 0.6) is 0 Å². The van der Waals surface area contributed by atoms with E-state index in [0.29, 0.717) is 30.2 Å². The predicted octanol–water partition coefficient (Wildman–Crippen LogP) is 2.26. The number of aryl methyl sites for hydroxylation is 1. The maximum Gasteiger partial charge on any atom is 0.315 e. The summed E-state index contributed by atoms with van der Waals surface area (Å²) < 4.78 is 11.1. The zero-order valence-corrected chi connectivity index (χ0v) is 32.7. The van der Waals surface area contributed by atoms with E-state index in [1.54, 1.807) is 0 Å². The predicted molar refractivity (Wildman–Crippen MR) is 207 cm³/mol. The van der Waals surface area contributed by atoms with Crippen molar-refractivity contribution in [1.29, 1.82) is 5.41 Å². The molecule has 0 aromatic heterocycles. The Hall–Kier alpha value is -3.53. The molecule has 14 heteroatoms. The number of nitrogens with zero attached hydrogens (tertiary/aromatic N) is 2. The molecule has 4 rings (SSSR count). The van der Waals surface area contributed by atoms with Crippen LogP contribution in [0.1, 0.15) is 76.5 Å². The minimum absolute atomic E-state index is 0.0245. The molecule has 0 unspecified atom stereocenters. The van der Waals surface area contributed by atoms with Gasteiger partial charge in [0.15, 0.2) is 0 Å². The lowest BCUT2D eigenvalue weighted by Crippen LogP contribution is -2.59. The molecule has 3 saturated heterocycles. The van der Waals surface area contributed by atoms with Gasteiger partial charge in [-0.15, -0.1) is 0 Å². The normalized spacial score (nSPS) is 25.2. The molecule has 5 atom stereocenters. The minimum Gasteiger partial charge on any atom is -0.445 e. The summed E-state index contributed by atoms with van der Waals surface area (Å²) in [5.74, 6) is -0.0926. The number of nitrogens with two attached hydrogens (primary N) is 1. The van der Waals surface area contributed by atoms with Crippen molar-refractivity contribution < 1.29 is 39.5 Å². The summed E-state index contributed by atoms with van der Waals surface area (Å²) in [7, 11) is 0. The number of urea groups is 1. The highest BCUT2D eigenvalue weighted by Gasteiger charge is 2.45. The molecule has 14 nitrogen and oxygen atoms in total. The number of ether oxygens (including phenoxy) is 2. The lowest BCUT2D eigenvalue weighted by Gasteiger charge is -2.47. The quantitative estimate of drug-likeness (QED) is 0.102. The number of aliphatic hydroxyl groups is 4. The number of likely N-dealkylation sites (tertiary alicyclic amines) is 2. The first-order chi connectivity index (χ1) is 25.6. The van der Waals surface area contributed by atoms with E-state index in [-0.39, 0.29) is 35.7 Å². The van der Waals surface area contributed by atoms with Crippen molar-refractivity contribution in [3.63, 3.8) is 0 Å². The van der Waals surface area contributed by atoms with Crippen LogP contribution in [0.3, 0.4) is 0 Å². The fourth-order valence-electron chi connectivity index (χ4n) is 7.47. The molecule has 3 amide bonds. The molecule has 1 aromatic rings. The van der Waals surface area contributed by atoms with E-state index in [9.17, 15) is 30.0 Å². The van der Waals surface area contributed by atoms with E-state index in [2.05, 4.69) is 33.8 Å². The highest BCUT2D eigenvalue weighted by atomic mass is 16.7. The monoisotopic (exact) mass is 756 g/mol. The van der Waals surface area contributed by atoms with Crippen LogP contribution in [0.15, 0.2) is 35.5 Å². The van der Waals surface area contributed by atoms with Crippen LogP contribution in [0.2, 0.25) is 0 Å². The Balaban J connectivity index is 1.27. The van der Waals surface area contributed by atoms with Gasteiger partial charge in [0.2, 0.25) is 18.1 Å². The van der Waals surface area contributed by atoms with Gasteiger partial charge in [-0.05, 0) is 79.5 Å². The minimum atomic E-state index is -1.63. The van der Waals surface area contributed by atoms with Crippen molar-refractivity contribution >= 4 is 23.9 Å². The van der Waals surface area contributed by atoms with E-state index in [1.807, 2.05) is 51.7 Å². The number of piperidine rings is 2. The van der Waals surface area contributed by atoms with Crippen LogP contribution in [0, 0.1) is 29.6 Å². The summed E-state index contributed by atoms with van der Waals surface area (Å²) >= 11 is 0. The molecule has 0 saturated carbocycles. The zero-order chi connectivity index (χ0) is 39.6. The first-order valence-corrected chi connectivity index (χ1v) is 19.5. The highest BCUT2D eigenvalue weighted by molar-refractivity contribution is 5.92. The van der Waals surface area contributed by atoms with Crippen LogP contribution in [-0.4, -0.2) is 131 Å². The highest BCUT2D eigenvalue weighted by Crippen LogP contribution is 2.40. The zero-order valence-electron chi connectivity index (χ0n) is 32.7. The lowest BCUT2D eigenvalue weighted by molar-refractivity contribution is -0.281. The van der Waals surface area contributed by atoms with Gasteiger partial charge in [0.25, 0.3) is 0 Å². The Morgan fingerprint density at radius 3 is 2.44 bits per heavy atom. The topological polar surface area (TPSA) is 214 Å². The van der Waals surface area contributed by atoms with Gasteiger partial charge in [0.05, 0.1) is 13.2 Å². The van der Waals surface area contributed by atoms with Crippen molar-refractivity contribution in [3.8, 4) is 0 Å². The molecule has 9 N–H and O–H groups in total. The van der Waals surface area contributed by atoms with Crippen molar-refractivity contribution in [2.45, 2.75) is 104 Å². The Labute approximate surface area is 320 Å². The fraction of sp³-hybridized carbons (Fsp3) is 0.675. The third-order valence-electron chi connectivity index (χ3n) is 11.0. The lowest BCUT2D eigenvalue weighted by atomic mass is 9.72. The maximum absolute atomic E-state index is 12.8. The molecule has 0 radical (unpaired) electrons. The van der Waals surface area contributed by atoms with Gasteiger partial charge in [0, 0.05) is 50.4 Å². The standard InChI is InChI=1S/C40H64N6O8/c1-25(2)21-43-39(52)44-22-32(48)46-17-13-40(14-18-46)12-8-16-45(24-40)15-7-6-9-28-10-11-29(27(5)19-28)20-30(33(41)26(3)4)37(42)54-38-36(51)35(50)34(49)31(23-47)53-38/h6,9-11,19,25-26,31,34-36,38,42,47,49-51H,7-8,12-18,20-24,41H2,1-5H3,(H2,43,44,52)/b9-6+,33-30-,42-37?/t31-,34-,35+,36-,38+/m1/s1. The fourth-order valence-corrected chi connectivity index (χ4v) is 7.47. The molecule has 3 aliphatic heterocycles. The van der Waals surface area contributed by atoms with Gasteiger partial charge in [-0.1, -0.05) is 58.0 Å². The summed E-state index contributed by atoms with van der Waals surface area (Å²) in [5.41, 5.74) is 10.6. The Bertz CT molecular complexity index is 1490. The first-order valence-electron chi connectivity index (χ1n) is 19.5. The number of amides is 3. The molecular formula is C40H64N6O8. The number of aliphatic hydroxyl groups excluding tert-OH is 4. The average Bonchev–Trinajstić information content (AvgIpc) is 3.14. The molecular weight excluding hydrogens is 692 g/mol. The number of allylic oxidation sites excluding steroid dienone is 1. The summed E-state index contributed by atoms with van der Waals surface area (Å²) in [6, 6.07) is 5.83. The summed E-state index contributed by atoms with van der Waals surface area (Å²) in [5, 5.41) is 54.5. The van der Waals surface area contributed by atoms with E-state index in [0.717, 1.165) is 75.1 Å². The van der Waals surface area contributed by atoms with Crippen LogP contribution in [-0.2, 0) is 20.7 Å². The average molecular weight is 757 g/mol. The Kier molecular flexibility index (Phi) is 15.9. The molecule has 0 bridgehead atoms. The molecule has 54 heavy (non-hydrogen) atoms. The van der Waals surface area contributed by atoms with Crippen molar-refractivity contribution in [2.75, 3.05) is 52.4 Å². The van der Waals surface area contributed by atoms with E-state index < -0.39 is 37.3 Å². The van der Waals surface area contributed by atoms with E-state index in [4.69, 9.17) is 20.6 Å². The number of rotatable bonds is 14. The van der Waals surface area contributed by atoms with Gasteiger partial charge in [-0.3, -0.25) is 10.2 Å². The molecule has 3 heterocycles. The van der Waals surface area contributed by atoms with Crippen molar-refractivity contribution in [1.82, 2.24) is 20.4 Å². The largest absolute Gasteiger partial charge is 0.445 e. The number of carbonyl (C=O) groups excluding carboxylic acids is 2. The van der Waals surface area contributed by atoms with Gasteiger partial charge in [0.1, 0.15) is 24.4 Å². The number of nitrogens with one attached hydrogen (secondary N) is 3. The van der Waals surface area contributed by atoms with Gasteiger partial charge >= 0.3 is 6.03 Å². The van der Waals surface area contributed by atoms with Crippen LogP contribution < -0.4 is 16.4 Å². The maximum atomic E-state index is 12.8. The van der Waals surface area contributed by atoms with Crippen molar-refractivity contribution in [2.24, 2.45) is 23.0 Å². The molecule has 1 spiro atoms. The second-order valence-electron chi connectivity index (χ2n) is 16.0.